The molecule has 0 atom stereocenters. The monoisotopic (exact) mass is 288 g/mol. The minimum Gasteiger partial charge on any atom is -0.0843 e. The number of hydrogen-bond acceptors (Lipinski definition) is 0. The SMILES string of the molecule is C1CCCCC1.Cc1ccccc1.Clc1ccccc1. The molecule has 0 amide bonds. The van der Waals surface area contributed by atoms with E-state index in [1.165, 1.54) is 44.1 Å². The van der Waals surface area contributed by atoms with E-state index in [0.717, 1.165) is 5.02 Å². The molecule has 1 aliphatic carbocycles. The van der Waals surface area contributed by atoms with E-state index in [4.69, 9.17) is 11.6 Å². The Hall–Kier alpha value is -1.27. The molecule has 1 heteroatoms. The topological polar surface area (TPSA) is 0 Å². The number of benzene rings is 2. The third-order valence-electron chi connectivity index (χ3n) is 3.17. The van der Waals surface area contributed by atoms with Gasteiger partial charge in [0.1, 0.15) is 0 Å². The summed E-state index contributed by atoms with van der Waals surface area (Å²) in [5.74, 6) is 0. The van der Waals surface area contributed by atoms with Gasteiger partial charge in [-0.2, -0.15) is 0 Å². The van der Waals surface area contributed by atoms with Crippen LogP contribution in [0.25, 0.3) is 0 Å². The van der Waals surface area contributed by atoms with Crippen molar-refractivity contribution >= 4 is 11.6 Å². The molecule has 1 fully saturated rings. The largest absolute Gasteiger partial charge is 0.0843 e. The zero-order chi connectivity index (χ0) is 14.5. The van der Waals surface area contributed by atoms with Gasteiger partial charge in [-0.15, -0.1) is 0 Å². The number of halogens is 1. The summed E-state index contributed by atoms with van der Waals surface area (Å²) in [5.41, 5.74) is 1.32. The van der Waals surface area contributed by atoms with Gasteiger partial charge in [-0.05, 0) is 19.1 Å². The van der Waals surface area contributed by atoms with Gasteiger partial charge in [0.25, 0.3) is 0 Å². The lowest BCUT2D eigenvalue weighted by atomic mass is 10.0. The van der Waals surface area contributed by atoms with Crippen LogP contribution in [-0.2, 0) is 0 Å². The summed E-state index contributed by atoms with van der Waals surface area (Å²) in [6, 6.07) is 19.7. The van der Waals surface area contributed by atoms with Crippen LogP contribution in [0.1, 0.15) is 44.1 Å². The first-order valence-electron chi connectivity index (χ1n) is 7.51. The van der Waals surface area contributed by atoms with Gasteiger partial charge < -0.3 is 0 Å². The maximum absolute atomic E-state index is 5.54. The average Bonchev–Trinajstić information content (AvgIpc) is 2.52. The van der Waals surface area contributed by atoms with Crippen molar-refractivity contribution < 1.29 is 0 Å². The average molecular weight is 289 g/mol. The highest BCUT2D eigenvalue weighted by molar-refractivity contribution is 6.30. The van der Waals surface area contributed by atoms with E-state index < -0.39 is 0 Å². The number of aryl methyl sites for hydroxylation is 1. The van der Waals surface area contributed by atoms with E-state index in [9.17, 15) is 0 Å². The first-order chi connectivity index (χ1) is 9.79. The van der Waals surface area contributed by atoms with Gasteiger partial charge in [-0.3, -0.25) is 0 Å². The van der Waals surface area contributed by atoms with E-state index >= 15 is 0 Å². The van der Waals surface area contributed by atoms with Gasteiger partial charge in [0.2, 0.25) is 0 Å². The first kappa shape index (κ1) is 16.8. The fourth-order valence-corrected chi connectivity index (χ4v) is 2.16. The normalized spacial score (nSPS) is 13.3. The Morgan fingerprint density at radius 3 is 1.15 bits per heavy atom. The lowest BCUT2D eigenvalue weighted by Gasteiger charge is -2.05. The molecule has 2 aromatic rings. The Labute approximate surface area is 128 Å². The number of rotatable bonds is 0. The van der Waals surface area contributed by atoms with Crippen molar-refractivity contribution in [1.82, 2.24) is 0 Å². The fourth-order valence-electron chi connectivity index (χ4n) is 2.01. The van der Waals surface area contributed by atoms with Gasteiger partial charge in [0.15, 0.2) is 0 Å². The second-order valence-electron chi connectivity index (χ2n) is 5.07. The molecule has 0 unspecified atom stereocenters. The molecule has 0 saturated heterocycles. The van der Waals surface area contributed by atoms with Crippen LogP contribution in [0.4, 0.5) is 0 Å². The Bertz CT molecular complexity index is 369. The maximum Gasteiger partial charge on any atom is 0.0405 e. The van der Waals surface area contributed by atoms with Crippen molar-refractivity contribution in [3.63, 3.8) is 0 Å². The lowest BCUT2D eigenvalue weighted by molar-refractivity contribution is 0.504. The van der Waals surface area contributed by atoms with Crippen LogP contribution in [-0.4, -0.2) is 0 Å². The molecule has 3 rings (SSSR count). The molecule has 20 heavy (non-hydrogen) atoms. The van der Waals surface area contributed by atoms with Crippen LogP contribution in [0, 0.1) is 6.92 Å². The van der Waals surface area contributed by atoms with Crippen LogP contribution < -0.4 is 0 Å². The molecular weight excluding hydrogens is 264 g/mol. The van der Waals surface area contributed by atoms with Crippen molar-refractivity contribution in [3.8, 4) is 0 Å². The Kier molecular flexibility index (Phi) is 9.69. The maximum atomic E-state index is 5.54. The van der Waals surface area contributed by atoms with Crippen LogP contribution in [0.2, 0.25) is 5.02 Å². The van der Waals surface area contributed by atoms with Crippen molar-refractivity contribution in [2.24, 2.45) is 0 Å². The van der Waals surface area contributed by atoms with Gasteiger partial charge in [0, 0.05) is 5.02 Å². The van der Waals surface area contributed by atoms with E-state index in [1.54, 1.807) is 0 Å². The number of hydrogen-bond donors (Lipinski definition) is 0. The molecule has 0 spiro atoms. The third-order valence-corrected chi connectivity index (χ3v) is 3.43. The molecule has 1 saturated carbocycles. The second-order valence-corrected chi connectivity index (χ2v) is 5.51. The van der Waals surface area contributed by atoms with Gasteiger partial charge in [-0.25, -0.2) is 0 Å². The van der Waals surface area contributed by atoms with Crippen molar-refractivity contribution in [3.05, 3.63) is 71.2 Å². The van der Waals surface area contributed by atoms with E-state index in [-0.39, 0.29) is 0 Å². The van der Waals surface area contributed by atoms with Gasteiger partial charge >= 0.3 is 0 Å². The highest BCUT2D eigenvalue weighted by atomic mass is 35.5. The van der Waals surface area contributed by atoms with Gasteiger partial charge in [0.05, 0.1) is 0 Å². The molecule has 0 heterocycles. The third kappa shape index (κ3) is 9.63. The molecule has 108 valence electrons. The Morgan fingerprint density at radius 1 is 0.600 bits per heavy atom. The minimum absolute atomic E-state index is 0.794. The standard InChI is InChI=1S/C7H8.C6H5Cl.C6H12/c1-7-5-3-2-4-6-7;7-6-4-2-1-3-5-6;1-2-4-6-5-3-1/h2-6H,1H3;1-5H;1-6H2. The summed E-state index contributed by atoms with van der Waals surface area (Å²) in [5, 5.41) is 0.794. The molecule has 2 aromatic carbocycles. The summed E-state index contributed by atoms with van der Waals surface area (Å²) in [6.07, 6.45) is 9.00. The Morgan fingerprint density at radius 2 is 0.950 bits per heavy atom. The predicted molar refractivity (Wildman–Crippen MR) is 90.3 cm³/mol. The molecule has 0 radical (unpaired) electrons. The predicted octanol–water partition coefficient (Wildman–Crippen LogP) is 6.68. The summed E-state index contributed by atoms with van der Waals surface area (Å²) >= 11 is 5.54. The molecule has 0 aromatic heterocycles. The Balaban J connectivity index is 0.000000151. The summed E-state index contributed by atoms with van der Waals surface area (Å²) < 4.78 is 0. The van der Waals surface area contributed by atoms with Gasteiger partial charge in [-0.1, -0.05) is 104 Å². The molecule has 0 N–H and O–H groups in total. The smallest absolute Gasteiger partial charge is 0.0405 e. The van der Waals surface area contributed by atoms with Crippen LogP contribution in [0.3, 0.4) is 0 Å². The van der Waals surface area contributed by atoms with E-state index in [0.29, 0.717) is 0 Å². The first-order valence-corrected chi connectivity index (χ1v) is 7.89. The second kappa shape index (κ2) is 11.5. The van der Waals surface area contributed by atoms with Crippen LogP contribution in [0.15, 0.2) is 60.7 Å². The lowest BCUT2D eigenvalue weighted by Crippen LogP contribution is -1.85. The van der Waals surface area contributed by atoms with Crippen molar-refractivity contribution in [2.75, 3.05) is 0 Å². The van der Waals surface area contributed by atoms with Crippen LogP contribution in [0.5, 0.6) is 0 Å². The zero-order valence-electron chi connectivity index (χ0n) is 12.4. The van der Waals surface area contributed by atoms with Crippen molar-refractivity contribution in [2.45, 2.75) is 45.4 Å². The molecule has 1 aliphatic rings. The summed E-state index contributed by atoms with van der Waals surface area (Å²) in [6.45, 7) is 2.08. The minimum atomic E-state index is 0.794. The molecule has 0 aliphatic heterocycles. The highest BCUT2D eigenvalue weighted by Crippen LogP contribution is 2.15. The molecule has 0 bridgehead atoms. The highest BCUT2D eigenvalue weighted by Gasteiger charge is 1.95. The van der Waals surface area contributed by atoms with E-state index in [2.05, 4.69) is 19.1 Å². The summed E-state index contributed by atoms with van der Waals surface area (Å²) in [7, 11) is 0. The summed E-state index contributed by atoms with van der Waals surface area (Å²) in [4.78, 5) is 0. The zero-order valence-corrected chi connectivity index (χ0v) is 13.2. The fraction of sp³-hybridized carbons (Fsp3) is 0.368. The molecule has 0 nitrogen and oxygen atoms in total. The quantitative estimate of drug-likeness (QED) is 0.507. The van der Waals surface area contributed by atoms with Crippen molar-refractivity contribution in [1.29, 1.82) is 0 Å². The molecular formula is C19H25Cl. The van der Waals surface area contributed by atoms with Crippen LogP contribution >= 0.6 is 11.6 Å². The van der Waals surface area contributed by atoms with E-state index in [1.807, 2.05) is 48.5 Å².